The van der Waals surface area contributed by atoms with E-state index < -0.39 is 23.5 Å². The molecular weight excluding hydrogens is 390 g/mol. The maximum Gasteiger partial charge on any atom is 0.360 e. The second-order valence-corrected chi connectivity index (χ2v) is 6.38. The molecule has 0 aliphatic carbocycles. The van der Waals surface area contributed by atoms with Gasteiger partial charge in [0, 0.05) is 5.39 Å². The smallest absolute Gasteiger partial charge is 0.360 e. The number of carbonyl (C=O) groups is 2. The highest BCUT2D eigenvalue weighted by molar-refractivity contribution is 6.04. The Balaban J connectivity index is 1.84. The van der Waals surface area contributed by atoms with Gasteiger partial charge in [0.1, 0.15) is 5.75 Å². The Morgan fingerprint density at radius 1 is 1.13 bits per heavy atom. The van der Waals surface area contributed by atoms with Gasteiger partial charge in [-0.1, -0.05) is 30.3 Å². The molecule has 0 spiro atoms. The lowest BCUT2D eigenvalue weighted by atomic mass is 10.1. The van der Waals surface area contributed by atoms with Crippen LogP contribution < -0.4 is 15.6 Å². The molecule has 1 heterocycles. The van der Waals surface area contributed by atoms with E-state index >= 15 is 0 Å². The van der Waals surface area contributed by atoms with Crippen LogP contribution in [0.5, 0.6) is 5.75 Å². The van der Waals surface area contributed by atoms with Crippen LogP contribution in [0.15, 0.2) is 53.3 Å². The van der Waals surface area contributed by atoms with Crippen LogP contribution in [0.2, 0.25) is 0 Å². The first kappa shape index (κ1) is 21.0. The summed E-state index contributed by atoms with van der Waals surface area (Å²) in [6.07, 6.45) is -1.14. The summed E-state index contributed by atoms with van der Waals surface area (Å²) in [5, 5.41) is 16.4. The van der Waals surface area contributed by atoms with Crippen LogP contribution >= 0.6 is 0 Å². The van der Waals surface area contributed by atoms with Gasteiger partial charge in [-0.25, -0.2) is 9.48 Å². The summed E-state index contributed by atoms with van der Waals surface area (Å²) in [5.74, 6) is -0.950. The number of anilines is 1. The number of aromatic nitrogens is 2. The number of carbonyl (C=O) groups excluding carboxylic acids is 2. The van der Waals surface area contributed by atoms with Crippen LogP contribution in [0.3, 0.4) is 0 Å². The number of ether oxygens (including phenoxy) is 2. The van der Waals surface area contributed by atoms with E-state index in [1.807, 2.05) is 0 Å². The van der Waals surface area contributed by atoms with Crippen molar-refractivity contribution in [1.82, 2.24) is 9.78 Å². The molecule has 1 aromatic heterocycles. The molecule has 156 valence electrons. The molecule has 0 saturated carbocycles. The predicted octanol–water partition coefficient (Wildman–Crippen LogP) is 1.58. The van der Waals surface area contributed by atoms with Crippen molar-refractivity contribution in [2.45, 2.75) is 19.6 Å². The van der Waals surface area contributed by atoms with E-state index in [1.54, 1.807) is 48.5 Å². The quantitative estimate of drug-likeness (QED) is 0.567. The summed E-state index contributed by atoms with van der Waals surface area (Å²) in [6.45, 7) is 1.03. The second kappa shape index (κ2) is 9.19. The molecule has 2 N–H and O–H groups in total. The average Bonchev–Trinajstić information content (AvgIpc) is 2.76. The first-order valence-electron chi connectivity index (χ1n) is 9.21. The lowest BCUT2D eigenvalue weighted by Crippen LogP contribution is -2.32. The molecule has 0 aliphatic heterocycles. The Morgan fingerprint density at radius 3 is 2.50 bits per heavy atom. The molecule has 0 aliphatic rings. The number of para-hydroxylation sites is 2. The van der Waals surface area contributed by atoms with Gasteiger partial charge in [0.05, 0.1) is 31.3 Å². The molecule has 9 heteroatoms. The summed E-state index contributed by atoms with van der Waals surface area (Å²) < 4.78 is 11.5. The van der Waals surface area contributed by atoms with Crippen molar-refractivity contribution in [3.05, 3.63) is 64.6 Å². The highest BCUT2D eigenvalue weighted by Crippen LogP contribution is 2.23. The Labute approximate surface area is 171 Å². The molecule has 30 heavy (non-hydrogen) atoms. The number of nitrogens with one attached hydrogen (secondary N) is 1. The molecule has 2 aromatic carbocycles. The Bertz CT molecular complexity index is 1140. The fourth-order valence-electron chi connectivity index (χ4n) is 2.88. The zero-order valence-electron chi connectivity index (χ0n) is 16.5. The molecule has 1 amide bonds. The number of nitrogens with zero attached hydrogens (tertiary/aromatic N) is 2. The fraction of sp³-hybridized carbons (Fsp3) is 0.238. The molecule has 0 fully saturated rings. The number of aliphatic hydroxyl groups excluding tert-OH is 1. The van der Waals surface area contributed by atoms with Crippen LogP contribution in [-0.2, 0) is 16.1 Å². The number of esters is 1. The van der Waals surface area contributed by atoms with Gasteiger partial charge < -0.3 is 19.9 Å². The van der Waals surface area contributed by atoms with E-state index in [9.17, 15) is 14.4 Å². The summed E-state index contributed by atoms with van der Waals surface area (Å²) in [7, 11) is 1.48. The lowest BCUT2D eigenvalue weighted by Gasteiger charge is -2.16. The Hall–Kier alpha value is -3.72. The van der Waals surface area contributed by atoms with Gasteiger partial charge >= 0.3 is 5.97 Å². The summed E-state index contributed by atoms with van der Waals surface area (Å²) in [6, 6.07) is 13.3. The zero-order chi connectivity index (χ0) is 21.7. The highest BCUT2D eigenvalue weighted by Gasteiger charge is 2.24. The molecular formula is C21H21N3O6. The molecule has 3 rings (SSSR count). The highest BCUT2D eigenvalue weighted by atomic mass is 16.5. The maximum absolute atomic E-state index is 12.7. The third-order valence-corrected chi connectivity index (χ3v) is 4.39. The van der Waals surface area contributed by atoms with E-state index in [2.05, 4.69) is 10.4 Å². The van der Waals surface area contributed by atoms with E-state index in [0.717, 1.165) is 4.68 Å². The predicted molar refractivity (Wildman–Crippen MR) is 110 cm³/mol. The minimum atomic E-state index is -1.14. The van der Waals surface area contributed by atoms with Crippen molar-refractivity contribution in [3.8, 4) is 5.75 Å². The van der Waals surface area contributed by atoms with Crippen molar-refractivity contribution in [1.29, 1.82) is 0 Å². The van der Waals surface area contributed by atoms with E-state index in [0.29, 0.717) is 16.8 Å². The normalized spacial score (nSPS) is 11.7. The first-order chi connectivity index (χ1) is 14.5. The van der Waals surface area contributed by atoms with Crippen molar-refractivity contribution in [2.75, 3.05) is 19.0 Å². The van der Waals surface area contributed by atoms with Crippen LogP contribution in [0.1, 0.15) is 17.4 Å². The number of benzene rings is 2. The second-order valence-electron chi connectivity index (χ2n) is 6.38. The molecule has 0 radical (unpaired) electrons. The summed E-state index contributed by atoms with van der Waals surface area (Å²) in [4.78, 5) is 37.7. The van der Waals surface area contributed by atoms with Crippen molar-refractivity contribution >= 4 is 28.3 Å². The number of hydrogen-bond donors (Lipinski definition) is 2. The van der Waals surface area contributed by atoms with Crippen LogP contribution in [0.25, 0.3) is 10.8 Å². The van der Waals surface area contributed by atoms with Crippen molar-refractivity contribution in [2.24, 2.45) is 0 Å². The van der Waals surface area contributed by atoms with Gasteiger partial charge in [-0.3, -0.25) is 9.59 Å². The van der Waals surface area contributed by atoms with Gasteiger partial charge in [0.15, 0.2) is 11.8 Å². The minimum Gasteiger partial charge on any atom is -0.495 e. The van der Waals surface area contributed by atoms with Gasteiger partial charge in [-0.05, 0) is 25.1 Å². The zero-order valence-corrected chi connectivity index (χ0v) is 16.5. The monoisotopic (exact) mass is 411 g/mol. The number of hydrogen-bond acceptors (Lipinski definition) is 7. The SMILES string of the molecule is COc1ccccc1NC(=O)[C@@H](C)OC(=O)c1nn(CCO)c(=O)c2ccccc12. The number of methoxy groups -OCH3 is 1. The van der Waals surface area contributed by atoms with E-state index in [-0.39, 0.29) is 24.2 Å². The largest absolute Gasteiger partial charge is 0.495 e. The number of aliphatic hydroxyl groups is 1. The fourth-order valence-corrected chi connectivity index (χ4v) is 2.88. The van der Waals surface area contributed by atoms with E-state index in [4.69, 9.17) is 14.6 Å². The molecule has 1 atom stereocenters. The Morgan fingerprint density at radius 2 is 1.80 bits per heavy atom. The first-order valence-corrected chi connectivity index (χ1v) is 9.21. The Kier molecular flexibility index (Phi) is 6.43. The number of fused-ring (bicyclic) bond motifs is 1. The third-order valence-electron chi connectivity index (χ3n) is 4.39. The molecule has 0 bridgehead atoms. The number of rotatable bonds is 7. The molecule has 0 saturated heterocycles. The van der Waals surface area contributed by atoms with Crippen LogP contribution in [-0.4, -0.2) is 46.6 Å². The third kappa shape index (κ3) is 4.31. The van der Waals surface area contributed by atoms with Gasteiger partial charge in [-0.15, -0.1) is 0 Å². The van der Waals surface area contributed by atoms with Crippen molar-refractivity contribution in [3.63, 3.8) is 0 Å². The average molecular weight is 411 g/mol. The molecule has 9 nitrogen and oxygen atoms in total. The lowest BCUT2D eigenvalue weighted by molar-refractivity contribution is -0.123. The molecule has 3 aromatic rings. The van der Waals surface area contributed by atoms with Crippen molar-refractivity contribution < 1.29 is 24.2 Å². The standard InChI is InChI=1S/C21H21N3O6/c1-13(19(26)22-16-9-5-6-10-17(16)29-2)30-21(28)18-14-7-3-4-8-15(14)20(27)24(23-18)11-12-25/h3-10,13,25H,11-12H2,1-2H3,(H,22,26)/t13-/m1/s1. The number of amides is 1. The summed E-state index contributed by atoms with van der Waals surface area (Å²) >= 11 is 0. The van der Waals surface area contributed by atoms with Gasteiger partial charge in [0.2, 0.25) is 0 Å². The maximum atomic E-state index is 12.7. The van der Waals surface area contributed by atoms with Crippen LogP contribution in [0, 0.1) is 0 Å². The van der Waals surface area contributed by atoms with Gasteiger partial charge in [0.25, 0.3) is 11.5 Å². The van der Waals surface area contributed by atoms with Gasteiger partial charge in [-0.2, -0.15) is 5.10 Å². The van der Waals surface area contributed by atoms with Crippen LogP contribution in [0.4, 0.5) is 5.69 Å². The topological polar surface area (TPSA) is 120 Å². The summed E-state index contributed by atoms with van der Waals surface area (Å²) in [5.41, 5.74) is -0.110. The van der Waals surface area contributed by atoms with E-state index in [1.165, 1.54) is 14.0 Å². The minimum absolute atomic E-state index is 0.0756. The molecule has 0 unspecified atom stereocenters.